The Morgan fingerprint density at radius 3 is 2.72 bits per heavy atom. The van der Waals surface area contributed by atoms with Crippen LogP contribution in [0.4, 0.5) is 0 Å². The zero-order chi connectivity index (χ0) is 18.2. The van der Waals surface area contributed by atoms with Crippen LogP contribution in [0.1, 0.15) is 18.1 Å². The minimum absolute atomic E-state index is 0.0693. The van der Waals surface area contributed by atoms with Crippen molar-refractivity contribution < 1.29 is 14.6 Å². The molecule has 2 aromatic rings. The third-order valence-corrected chi connectivity index (χ3v) is 3.61. The van der Waals surface area contributed by atoms with Crippen molar-refractivity contribution in [1.29, 1.82) is 5.26 Å². The van der Waals surface area contributed by atoms with E-state index in [1.165, 1.54) is 18.2 Å². The molecule has 0 spiro atoms. The number of hydrogen-bond acceptors (Lipinski definition) is 4. The van der Waals surface area contributed by atoms with Gasteiger partial charge < -0.3 is 15.2 Å². The molecule has 0 aliphatic rings. The molecule has 5 nitrogen and oxygen atoms in total. The Labute approximate surface area is 151 Å². The molecule has 0 saturated carbocycles. The Hall–Kier alpha value is -2.97. The van der Waals surface area contributed by atoms with Gasteiger partial charge in [-0.1, -0.05) is 41.9 Å². The van der Waals surface area contributed by atoms with Crippen LogP contribution in [0.5, 0.6) is 11.5 Å². The van der Waals surface area contributed by atoms with Gasteiger partial charge in [-0.2, -0.15) is 5.26 Å². The maximum atomic E-state index is 12.2. The van der Waals surface area contributed by atoms with E-state index >= 15 is 0 Å². The number of carbonyl (C=O) groups is 1. The molecule has 1 amide bonds. The van der Waals surface area contributed by atoms with E-state index in [2.05, 4.69) is 5.32 Å². The van der Waals surface area contributed by atoms with Gasteiger partial charge in [0, 0.05) is 6.54 Å². The zero-order valence-corrected chi connectivity index (χ0v) is 14.4. The lowest BCUT2D eigenvalue weighted by Gasteiger charge is -2.09. The Morgan fingerprint density at radius 1 is 1.36 bits per heavy atom. The van der Waals surface area contributed by atoms with Gasteiger partial charge in [-0.15, -0.1) is 0 Å². The Bertz CT molecular complexity index is 827. The predicted octanol–water partition coefficient (Wildman–Crippen LogP) is 3.67. The van der Waals surface area contributed by atoms with E-state index in [0.29, 0.717) is 18.7 Å². The number of nitriles is 1. The van der Waals surface area contributed by atoms with Gasteiger partial charge in [0.1, 0.15) is 11.6 Å². The quantitative estimate of drug-likeness (QED) is 0.611. The number of carbonyl (C=O) groups excluding carboxylic acids is 1. The van der Waals surface area contributed by atoms with E-state index in [1.54, 1.807) is 6.92 Å². The lowest BCUT2D eigenvalue weighted by molar-refractivity contribution is -0.117. The number of amides is 1. The van der Waals surface area contributed by atoms with Crippen molar-refractivity contribution in [1.82, 2.24) is 5.32 Å². The average Bonchev–Trinajstić information content (AvgIpc) is 2.62. The van der Waals surface area contributed by atoms with Gasteiger partial charge in [-0.25, -0.2) is 0 Å². The van der Waals surface area contributed by atoms with E-state index < -0.39 is 5.91 Å². The van der Waals surface area contributed by atoms with Gasteiger partial charge in [-0.3, -0.25) is 4.79 Å². The van der Waals surface area contributed by atoms with E-state index in [1.807, 2.05) is 36.4 Å². The third kappa shape index (κ3) is 5.00. The number of halogens is 1. The highest BCUT2D eigenvalue weighted by molar-refractivity contribution is 6.32. The summed E-state index contributed by atoms with van der Waals surface area (Å²) in [6, 6.07) is 14.2. The third-order valence-electron chi connectivity index (χ3n) is 3.32. The SMILES string of the molecule is CCOc1cc(/C=C(\C#N)C(=O)NCc2ccccc2)cc(Cl)c1O. The number of ether oxygens (including phenoxy) is 1. The maximum absolute atomic E-state index is 12.2. The number of phenols is 1. The molecule has 25 heavy (non-hydrogen) atoms. The van der Waals surface area contributed by atoms with Crippen LogP contribution < -0.4 is 10.1 Å². The highest BCUT2D eigenvalue weighted by Crippen LogP contribution is 2.35. The first-order chi connectivity index (χ1) is 12.0. The van der Waals surface area contributed by atoms with Gasteiger partial charge in [0.25, 0.3) is 5.91 Å². The topological polar surface area (TPSA) is 82.3 Å². The standard InChI is InChI=1S/C19H17ClN2O3/c1-2-25-17-10-14(9-16(20)18(17)23)8-15(11-21)19(24)22-12-13-6-4-3-5-7-13/h3-10,23H,2,12H2,1H3,(H,22,24)/b15-8+. The van der Waals surface area contributed by atoms with Crippen LogP contribution in [-0.4, -0.2) is 17.6 Å². The van der Waals surface area contributed by atoms with E-state index in [9.17, 15) is 15.2 Å². The molecule has 0 bridgehead atoms. The first kappa shape index (κ1) is 18.4. The van der Waals surface area contributed by atoms with Crippen LogP contribution in [0.3, 0.4) is 0 Å². The fourth-order valence-electron chi connectivity index (χ4n) is 2.13. The van der Waals surface area contributed by atoms with Crippen LogP contribution in [0.15, 0.2) is 48.0 Å². The Kier molecular flexibility index (Phi) is 6.44. The van der Waals surface area contributed by atoms with Gasteiger partial charge >= 0.3 is 0 Å². The molecule has 128 valence electrons. The molecule has 0 unspecified atom stereocenters. The molecule has 0 fully saturated rings. The van der Waals surface area contributed by atoms with Gasteiger partial charge in [0.2, 0.25) is 0 Å². The first-order valence-corrected chi connectivity index (χ1v) is 8.02. The second-order valence-corrected chi connectivity index (χ2v) is 5.53. The van der Waals surface area contributed by atoms with Crippen molar-refractivity contribution in [2.75, 3.05) is 6.61 Å². The average molecular weight is 357 g/mol. The summed E-state index contributed by atoms with van der Waals surface area (Å²) in [6.45, 7) is 2.44. The first-order valence-electron chi connectivity index (χ1n) is 7.64. The van der Waals surface area contributed by atoms with Crippen molar-refractivity contribution in [2.24, 2.45) is 0 Å². The van der Waals surface area contributed by atoms with Crippen LogP contribution in [0.2, 0.25) is 5.02 Å². The van der Waals surface area contributed by atoms with Crippen LogP contribution in [-0.2, 0) is 11.3 Å². The maximum Gasteiger partial charge on any atom is 0.262 e. The fraction of sp³-hybridized carbons (Fsp3) is 0.158. The molecule has 2 N–H and O–H groups in total. The molecule has 0 heterocycles. The van der Waals surface area contributed by atoms with Gasteiger partial charge in [-0.05, 0) is 36.3 Å². The van der Waals surface area contributed by atoms with Crippen molar-refractivity contribution in [3.8, 4) is 17.6 Å². The molecule has 0 atom stereocenters. The largest absolute Gasteiger partial charge is 0.503 e. The number of phenolic OH excluding ortho intramolecular Hbond substituents is 1. The summed E-state index contributed by atoms with van der Waals surface area (Å²) in [7, 11) is 0. The monoisotopic (exact) mass is 356 g/mol. The molecule has 0 saturated heterocycles. The molecule has 6 heteroatoms. The highest BCUT2D eigenvalue weighted by Gasteiger charge is 2.12. The zero-order valence-electron chi connectivity index (χ0n) is 13.6. The molecule has 0 aromatic heterocycles. The summed E-state index contributed by atoms with van der Waals surface area (Å²) in [5.41, 5.74) is 1.34. The summed E-state index contributed by atoms with van der Waals surface area (Å²) in [6.07, 6.45) is 1.40. The van der Waals surface area contributed by atoms with E-state index in [4.69, 9.17) is 16.3 Å². The van der Waals surface area contributed by atoms with Crippen molar-refractivity contribution in [3.63, 3.8) is 0 Å². The minimum atomic E-state index is -0.492. The number of benzene rings is 2. The molecule has 0 aliphatic heterocycles. The second-order valence-electron chi connectivity index (χ2n) is 5.12. The van der Waals surface area contributed by atoms with E-state index in [-0.39, 0.29) is 22.1 Å². The summed E-state index contributed by atoms with van der Waals surface area (Å²) < 4.78 is 5.29. The minimum Gasteiger partial charge on any atom is -0.503 e. The van der Waals surface area contributed by atoms with E-state index in [0.717, 1.165) is 5.56 Å². The molecular formula is C19H17ClN2O3. The van der Waals surface area contributed by atoms with Crippen molar-refractivity contribution in [3.05, 3.63) is 64.2 Å². The summed E-state index contributed by atoms with van der Waals surface area (Å²) >= 11 is 5.96. The number of nitrogens with zero attached hydrogens (tertiary/aromatic N) is 1. The molecule has 2 rings (SSSR count). The number of hydrogen-bond donors (Lipinski definition) is 2. The van der Waals surface area contributed by atoms with Crippen molar-refractivity contribution in [2.45, 2.75) is 13.5 Å². The summed E-state index contributed by atoms with van der Waals surface area (Å²) in [5.74, 6) is -0.468. The number of aromatic hydroxyl groups is 1. The number of nitrogens with one attached hydrogen (secondary N) is 1. The van der Waals surface area contributed by atoms with Crippen LogP contribution in [0.25, 0.3) is 6.08 Å². The predicted molar refractivity (Wildman–Crippen MR) is 96.2 cm³/mol. The highest BCUT2D eigenvalue weighted by atomic mass is 35.5. The van der Waals surface area contributed by atoms with Gasteiger partial charge in [0.15, 0.2) is 11.5 Å². The fourth-order valence-corrected chi connectivity index (χ4v) is 2.35. The normalized spacial score (nSPS) is 10.8. The molecule has 0 radical (unpaired) electrons. The molecular weight excluding hydrogens is 340 g/mol. The molecule has 0 aliphatic carbocycles. The lowest BCUT2D eigenvalue weighted by atomic mass is 10.1. The smallest absolute Gasteiger partial charge is 0.262 e. The Morgan fingerprint density at radius 2 is 2.08 bits per heavy atom. The second kappa shape index (κ2) is 8.76. The molecule has 2 aromatic carbocycles. The Balaban J connectivity index is 2.19. The van der Waals surface area contributed by atoms with Crippen molar-refractivity contribution >= 4 is 23.6 Å². The lowest BCUT2D eigenvalue weighted by Crippen LogP contribution is -2.23. The van der Waals surface area contributed by atoms with Crippen LogP contribution >= 0.6 is 11.6 Å². The number of rotatable bonds is 6. The summed E-state index contributed by atoms with van der Waals surface area (Å²) in [5, 5.41) is 21.9. The van der Waals surface area contributed by atoms with Gasteiger partial charge in [0.05, 0.1) is 11.6 Å². The van der Waals surface area contributed by atoms with Crippen LogP contribution in [0, 0.1) is 11.3 Å². The summed E-state index contributed by atoms with van der Waals surface area (Å²) in [4.78, 5) is 12.2.